The fourth-order valence-corrected chi connectivity index (χ4v) is 2.61. The second-order valence-electron chi connectivity index (χ2n) is 4.22. The Morgan fingerprint density at radius 3 is 2.47 bits per heavy atom. The minimum Gasteiger partial charge on any atom is -0.385 e. The summed E-state index contributed by atoms with van der Waals surface area (Å²) in [7, 11) is 0. The molecular formula is C12H14BrFO. The second-order valence-corrected chi connectivity index (χ2v) is 5.13. The van der Waals surface area contributed by atoms with E-state index in [1.54, 1.807) is 12.1 Å². The molecule has 0 amide bonds. The summed E-state index contributed by atoms with van der Waals surface area (Å²) < 4.78 is 14.4. The number of aliphatic hydroxyl groups is 1. The Morgan fingerprint density at radius 1 is 1.20 bits per heavy atom. The van der Waals surface area contributed by atoms with E-state index in [1.807, 2.05) is 0 Å². The molecule has 82 valence electrons. The van der Waals surface area contributed by atoms with Crippen LogP contribution in [0.2, 0.25) is 0 Å². The topological polar surface area (TPSA) is 20.2 Å². The van der Waals surface area contributed by atoms with Gasteiger partial charge < -0.3 is 5.11 Å². The fourth-order valence-electron chi connectivity index (χ4n) is 2.27. The Balaban J connectivity index is 2.35. The van der Waals surface area contributed by atoms with Crippen molar-refractivity contribution >= 4 is 15.9 Å². The molecule has 2 rings (SSSR count). The van der Waals surface area contributed by atoms with Crippen molar-refractivity contribution in [1.82, 2.24) is 0 Å². The lowest BCUT2D eigenvalue weighted by atomic mass is 9.79. The zero-order valence-corrected chi connectivity index (χ0v) is 10.1. The van der Waals surface area contributed by atoms with Gasteiger partial charge in [-0.3, -0.25) is 0 Å². The Hall–Kier alpha value is -0.410. The van der Waals surface area contributed by atoms with E-state index in [2.05, 4.69) is 15.9 Å². The molecule has 0 atom stereocenters. The number of halogens is 2. The second kappa shape index (κ2) is 4.22. The van der Waals surface area contributed by atoms with Gasteiger partial charge in [-0.25, -0.2) is 4.39 Å². The van der Waals surface area contributed by atoms with E-state index in [-0.39, 0.29) is 5.82 Å². The van der Waals surface area contributed by atoms with Crippen LogP contribution in [0.5, 0.6) is 0 Å². The largest absolute Gasteiger partial charge is 0.385 e. The fraction of sp³-hybridized carbons (Fsp3) is 0.500. The minimum absolute atomic E-state index is 0.311. The van der Waals surface area contributed by atoms with Gasteiger partial charge in [0.15, 0.2) is 0 Å². The highest BCUT2D eigenvalue weighted by molar-refractivity contribution is 9.10. The first-order valence-corrected chi connectivity index (χ1v) is 6.09. The van der Waals surface area contributed by atoms with Crippen LogP contribution in [-0.4, -0.2) is 5.11 Å². The minimum atomic E-state index is -0.941. The van der Waals surface area contributed by atoms with Gasteiger partial charge in [0.1, 0.15) is 5.82 Å². The molecular weight excluding hydrogens is 259 g/mol. The van der Waals surface area contributed by atoms with E-state index in [0.29, 0.717) is 22.9 Å². The van der Waals surface area contributed by atoms with Gasteiger partial charge in [-0.2, -0.15) is 0 Å². The van der Waals surface area contributed by atoms with Gasteiger partial charge in [-0.15, -0.1) is 0 Å². The Kier molecular flexibility index (Phi) is 3.12. The number of hydrogen-bond donors (Lipinski definition) is 1. The molecule has 0 unspecified atom stereocenters. The van der Waals surface area contributed by atoms with Crippen molar-refractivity contribution in [3.8, 4) is 0 Å². The van der Waals surface area contributed by atoms with E-state index in [4.69, 9.17) is 0 Å². The van der Waals surface area contributed by atoms with Crippen LogP contribution < -0.4 is 0 Å². The first-order valence-electron chi connectivity index (χ1n) is 5.30. The maximum Gasteiger partial charge on any atom is 0.130 e. The SMILES string of the molecule is OC1(c2ccc(Br)cc2F)CCCCC1. The maximum atomic E-state index is 13.7. The molecule has 0 spiro atoms. The molecule has 1 aromatic carbocycles. The average Bonchev–Trinajstić information content (AvgIpc) is 2.18. The van der Waals surface area contributed by atoms with Gasteiger partial charge in [-0.1, -0.05) is 41.3 Å². The molecule has 0 aromatic heterocycles. The third-order valence-electron chi connectivity index (χ3n) is 3.11. The van der Waals surface area contributed by atoms with Gasteiger partial charge >= 0.3 is 0 Å². The molecule has 1 aromatic rings. The van der Waals surface area contributed by atoms with Crippen LogP contribution in [0, 0.1) is 5.82 Å². The van der Waals surface area contributed by atoms with Crippen LogP contribution in [0.4, 0.5) is 4.39 Å². The van der Waals surface area contributed by atoms with Crippen LogP contribution in [0.3, 0.4) is 0 Å². The average molecular weight is 273 g/mol. The van der Waals surface area contributed by atoms with Crippen molar-refractivity contribution in [3.63, 3.8) is 0 Å². The van der Waals surface area contributed by atoms with Gasteiger partial charge in [0, 0.05) is 10.0 Å². The summed E-state index contributed by atoms with van der Waals surface area (Å²) in [4.78, 5) is 0. The lowest BCUT2D eigenvalue weighted by Crippen LogP contribution is -2.29. The van der Waals surface area contributed by atoms with Gasteiger partial charge in [0.25, 0.3) is 0 Å². The predicted octanol–water partition coefficient (Wildman–Crippen LogP) is 3.74. The molecule has 1 nitrogen and oxygen atoms in total. The molecule has 0 bridgehead atoms. The van der Waals surface area contributed by atoms with E-state index < -0.39 is 5.60 Å². The molecule has 3 heteroatoms. The van der Waals surface area contributed by atoms with Crippen LogP contribution in [0.1, 0.15) is 37.7 Å². The zero-order valence-electron chi connectivity index (χ0n) is 8.47. The molecule has 0 aliphatic heterocycles. The normalized spacial score (nSPS) is 20.2. The highest BCUT2D eigenvalue weighted by atomic mass is 79.9. The Labute approximate surface area is 97.4 Å². The summed E-state index contributed by atoms with van der Waals surface area (Å²) in [6.45, 7) is 0. The summed E-state index contributed by atoms with van der Waals surface area (Å²) >= 11 is 3.22. The van der Waals surface area contributed by atoms with Crippen LogP contribution >= 0.6 is 15.9 Å². The van der Waals surface area contributed by atoms with E-state index in [1.165, 1.54) is 6.07 Å². The van der Waals surface area contributed by atoms with Gasteiger partial charge in [0.05, 0.1) is 5.60 Å². The first-order chi connectivity index (χ1) is 7.12. The summed E-state index contributed by atoms with van der Waals surface area (Å²) in [6.07, 6.45) is 4.44. The van der Waals surface area contributed by atoms with Crippen LogP contribution in [0.15, 0.2) is 22.7 Å². The zero-order chi connectivity index (χ0) is 10.9. The monoisotopic (exact) mass is 272 g/mol. The smallest absolute Gasteiger partial charge is 0.130 e. The van der Waals surface area contributed by atoms with Crippen molar-refractivity contribution < 1.29 is 9.50 Å². The Morgan fingerprint density at radius 2 is 1.87 bits per heavy atom. The van der Waals surface area contributed by atoms with E-state index in [9.17, 15) is 9.50 Å². The summed E-state index contributed by atoms with van der Waals surface area (Å²) in [5.41, 5.74) is -0.492. The van der Waals surface area contributed by atoms with Gasteiger partial charge in [-0.05, 0) is 25.0 Å². The van der Waals surface area contributed by atoms with Gasteiger partial charge in [0.2, 0.25) is 0 Å². The third kappa shape index (κ3) is 2.23. The Bertz CT molecular complexity index is 359. The van der Waals surface area contributed by atoms with Crippen molar-refractivity contribution in [2.75, 3.05) is 0 Å². The first kappa shape index (κ1) is 11.1. The highest BCUT2D eigenvalue weighted by Gasteiger charge is 2.33. The standard InChI is InChI=1S/C12H14BrFO/c13-9-4-5-10(11(14)8-9)12(15)6-2-1-3-7-12/h4-5,8,15H,1-3,6-7H2. The summed E-state index contributed by atoms with van der Waals surface area (Å²) in [6, 6.07) is 4.89. The van der Waals surface area contributed by atoms with E-state index in [0.717, 1.165) is 19.3 Å². The van der Waals surface area contributed by atoms with Crippen LogP contribution in [0.25, 0.3) is 0 Å². The molecule has 1 saturated carbocycles. The van der Waals surface area contributed by atoms with Crippen molar-refractivity contribution in [2.45, 2.75) is 37.7 Å². The van der Waals surface area contributed by atoms with Crippen molar-refractivity contribution in [1.29, 1.82) is 0 Å². The molecule has 1 aliphatic carbocycles. The number of hydrogen-bond acceptors (Lipinski definition) is 1. The lowest BCUT2D eigenvalue weighted by Gasteiger charge is -2.32. The highest BCUT2D eigenvalue weighted by Crippen LogP contribution is 2.38. The third-order valence-corrected chi connectivity index (χ3v) is 3.61. The number of rotatable bonds is 1. The quantitative estimate of drug-likeness (QED) is 0.826. The van der Waals surface area contributed by atoms with Crippen molar-refractivity contribution in [2.24, 2.45) is 0 Å². The maximum absolute atomic E-state index is 13.7. The molecule has 1 fully saturated rings. The molecule has 0 saturated heterocycles. The molecule has 15 heavy (non-hydrogen) atoms. The summed E-state index contributed by atoms with van der Waals surface area (Å²) in [5.74, 6) is -0.311. The van der Waals surface area contributed by atoms with Crippen molar-refractivity contribution in [3.05, 3.63) is 34.1 Å². The lowest BCUT2D eigenvalue weighted by molar-refractivity contribution is -0.00375. The summed E-state index contributed by atoms with van der Waals surface area (Å²) in [5, 5.41) is 10.4. The molecule has 0 radical (unpaired) electrons. The molecule has 0 heterocycles. The van der Waals surface area contributed by atoms with Crippen LogP contribution in [-0.2, 0) is 5.60 Å². The number of benzene rings is 1. The van der Waals surface area contributed by atoms with E-state index >= 15 is 0 Å². The predicted molar refractivity (Wildman–Crippen MR) is 61.1 cm³/mol. The molecule has 1 N–H and O–H groups in total. The molecule has 1 aliphatic rings.